The second kappa shape index (κ2) is 8.00. The highest BCUT2D eigenvalue weighted by atomic mass is 32.2. The molecule has 0 aliphatic rings. The van der Waals surface area contributed by atoms with Gasteiger partial charge in [-0.2, -0.15) is 0 Å². The van der Waals surface area contributed by atoms with Crippen molar-refractivity contribution in [2.24, 2.45) is 0 Å². The lowest BCUT2D eigenvalue weighted by Gasteiger charge is -2.11. The molecular formula is C10H25N3O2S. The van der Waals surface area contributed by atoms with Gasteiger partial charge < -0.3 is 10.2 Å². The molecule has 0 radical (unpaired) electrons. The molecule has 0 aromatic carbocycles. The molecule has 0 rings (SSSR count). The van der Waals surface area contributed by atoms with Gasteiger partial charge in [0.25, 0.3) is 0 Å². The van der Waals surface area contributed by atoms with Gasteiger partial charge in [-0.3, -0.25) is 0 Å². The quantitative estimate of drug-likeness (QED) is 0.560. The summed E-state index contributed by atoms with van der Waals surface area (Å²) in [6.45, 7) is 6.04. The molecule has 0 saturated heterocycles. The molecule has 6 heteroatoms. The number of hydrogen-bond acceptors (Lipinski definition) is 4. The highest BCUT2D eigenvalue weighted by Gasteiger charge is 2.08. The van der Waals surface area contributed by atoms with Crippen LogP contribution in [0.1, 0.15) is 20.3 Å². The van der Waals surface area contributed by atoms with E-state index >= 15 is 0 Å². The summed E-state index contributed by atoms with van der Waals surface area (Å²) in [7, 11) is 0.743. The third-order valence-electron chi connectivity index (χ3n) is 2.02. The molecule has 0 amide bonds. The normalized spacial score (nSPS) is 12.6. The van der Waals surface area contributed by atoms with Gasteiger partial charge in [-0.15, -0.1) is 0 Å². The summed E-state index contributed by atoms with van der Waals surface area (Å²) < 4.78 is 25.6. The van der Waals surface area contributed by atoms with E-state index in [0.717, 1.165) is 13.1 Å². The van der Waals surface area contributed by atoms with Crippen molar-refractivity contribution >= 4 is 10.0 Å². The zero-order chi connectivity index (χ0) is 12.6. The lowest BCUT2D eigenvalue weighted by atomic mass is 10.4. The molecule has 0 spiro atoms. The van der Waals surface area contributed by atoms with Crippen molar-refractivity contribution in [2.75, 3.05) is 39.5 Å². The molecule has 0 fully saturated rings. The monoisotopic (exact) mass is 251 g/mol. The topological polar surface area (TPSA) is 61.4 Å². The zero-order valence-corrected chi connectivity index (χ0v) is 11.6. The predicted octanol–water partition coefficient (Wildman–Crippen LogP) is -0.144. The first-order valence-corrected chi connectivity index (χ1v) is 7.34. The summed E-state index contributed by atoms with van der Waals surface area (Å²) in [6, 6.07) is 0.407. The van der Waals surface area contributed by atoms with Crippen molar-refractivity contribution in [1.82, 2.24) is 14.9 Å². The van der Waals surface area contributed by atoms with Crippen LogP contribution in [0.2, 0.25) is 0 Å². The van der Waals surface area contributed by atoms with E-state index in [4.69, 9.17) is 0 Å². The van der Waals surface area contributed by atoms with E-state index in [1.807, 2.05) is 32.8 Å². The van der Waals surface area contributed by atoms with Gasteiger partial charge in [0, 0.05) is 19.1 Å². The molecular weight excluding hydrogens is 226 g/mol. The van der Waals surface area contributed by atoms with Gasteiger partial charge >= 0.3 is 0 Å². The summed E-state index contributed by atoms with van der Waals surface area (Å²) in [4.78, 5) is 1.95. The molecule has 0 heterocycles. The number of sulfonamides is 1. The smallest absolute Gasteiger partial charge is 0.211 e. The van der Waals surface area contributed by atoms with Crippen LogP contribution in [0.4, 0.5) is 0 Å². The van der Waals surface area contributed by atoms with Crippen LogP contribution in [0, 0.1) is 0 Å². The Labute approximate surface area is 99.6 Å². The zero-order valence-electron chi connectivity index (χ0n) is 10.8. The minimum Gasteiger partial charge on any atom is -0.314 e. The molecule has 0 unspecified atom stereocenters. The van der Waals surface area contributed by atoms with Crippen LogP contribution >= 0.6 is 0 Å². The predicted molar refractivity (Wildman–Crippen MR) is 68.1 cm³/mol. The maximum atomic E-state index is 11.5. The maximum Gasteiger partial charge on any atom is 0.211 e. The summed E-state index contributed by atoms with van der Waals surface area (Å²) in [5.74, 6) is 0.195. The fourth-order valence-electron chi connectivity index (χ4n) is 1.15. The Morgan fingerprint density at radius 2 is 1.81 bits per heavy atom. The van der Waals surface area contributed by atoms with E-state index in [1.165, 1.54) is 0 Å². The van der Waals surface area contributed by atoms with E-state index in [-0.39, 0.29) is 5.75 Å². The van der Waals surface area contributed by atoms with Gasteiger partial charge in [0.2, 0.25) is 10.0 Å². The molecule has 0 aromatic rings. The molecule has 2 N–H and O–H groups in total. The van der Waals surface area contributed by atoms with Gasteiger partial charge in [0.05, 0.1) is 5.75 Å². The Balaban J connectivity index is 3.63. The Hall–Kier alpha value is -0.170. The van der Waals surface area contributed by atoms with Crippen LogP contribution < -0.4 is 10.0 Å². The number of hydrogen-bond donors (Lipinski definition) is 2. The van der Waals surface area contributed by atoms with Crippen LogP contribution in [-0.2, 0) is 10.0 Å². The van der Waals surface area contributed by atoms with Crippen molar-refractivity contribution in [2.45, 2.75) is 26.3 Å². The van der Waals surface area contributed by atoms with Crippen LogP contribution in [0.25, 0.3) is 0 Å². The fraction of sp³-hybridized carbons (Fsp3) is 1.00. The largest absolute Gasteiger partial charge is 0.314 e. The molecule has 0 aliphatic heterocycles. The Morgan fingerprint density at radius 1 is 1.19 bits per heavy atom. The van der Waals surface area contributed by atoms with Crippen LogP contribution in [-0.4, -0.2) is 58.8 Å². The highest BCUT2D eigenvalue weighted by Crippen LogP contribution is 1.89. The third-order valence-corrected chi connectivity index (χ3v) is 3.49. The Kier molecular flexibility index (Phi) is 7.91. The Morgan fingerprint density at radius 3 is 2.31 bits per heavy atom. The van der Waals surface area contributed by atoms with E-state index in [9.17, 15) is 8.42 Å². The van der Waals surface area contributed by atoms with Gasteiger partial charge in [0.1, 0.15) is 0 Å². The molecule has 98 valence electrons. The number of nitrogens with one attached hydrogen (secondary N) is 2. The summed E-state index contributed by atoms with van der Waals surface area (Å²) in [5.41, 5.74) is 0. The van der Waals surface area contributed by atoms with Gasteiger partial charge in [-0.1, -0.05) is 13.8 Å². The minimum atomic E-state index is -3.09. The minimum absolute atomic E-state index is 0.195. The van der Waals surface area contributed by atoms with Crippen molar-refractivity contribution in [1.29, 1.82) is 0 Å². The average molecular weight is 251 g/mol. The average Bonchev–Trinajstić information content (AvgIpc) is 2.11. The van der Waals surface area contributed by atoms with E-state index in [1.54, 1.807) is 0 Å². The SMILES string of the molecule is CC(C)NCCCS(=O)(=O)NCCN(C)C. The third kappa shape index (κ3) is 10.4. The fourth-order valence-corrected chi connectivity index (χ4v) is 2.22. The van der Waals surface area contributed by atoms with Crippen LogP contribution in [0.3, 0.4) is 0 Å². The Bertz CT molecular complexity index is 263. The van der Waals surface area contributed by atoms with Gasteiger partial charge in [-0.05, 0) is 27.1 Å². The number of rotatable bonds is 9. The lowest BCUT2D eigenvalue weighted by molar-refractivity contribution is 0.412. The van der Waals surface area contributed by atoms with E-state index in [0.29, 0.717) is 19.0 Å². The van der Waals surface area contributed by atoms with E-state index < -0.39 is 10.0 Å². The van der Waals surface area contributed by atoms with E-state index in [2.05, 4.69) is 10.0 Å². The van der Waals surface area contributed by atoms with Gasteiger partial charge in [-0.25, -0.2) is 13.1 Å². The molecule has 0 bridgehead atoms. The first-order chi connectivity index (χ1) is 7.33. The number of likely N-dealkylation sites (N-methyl/N-ethyl adjacent to an activating group) is 1. The molecule has 0 aromatic heterocycles. The summed E-state index contributed by atoms with van der Waals surface area (Å²) in [6.07, 6.45) is 0.648. The van der Waals surface area contributed by atoms with Crippen molar-refractivity contribution in [3.05, 3.63) is 0 Å². The van der Waals surface area contributed by atoms with Crippen molar-refractivity contribution in [3.8, 4) is 0 Å². The van der Waals surface area contributed by atoms with Crippen LogP contribution in [0.5, 0.6) is 0 Å². The summed E-state index contributed by atoms with van der Waals surface area (Å²) in [5, 5.41) is 3.19. The molecule has 16 heavy (non-hydrogen) atoms. The number of nitrogens with zero attached hydrogens (tertiary/aromatic N) is 1. The standard InChI is InChI=1S/C10H25N3O2S/c1-10(2)11-6-5-9-16(14,15)12-7-8-13(3)4/h10-12H,5-9H2,1-4H3. The van der Waals surface area contributed by atoms with Crippen LogP contribution in [0.15, 0.2) is 0 Å². The van der Waals surface area contributed by atoms with Gasteiger partial charge in [0.15, 0.2) is 0 Å². The molecule has 0 atom stereocenters. The lowest BCUT2D eigenvalue weighted by Crippen LogP contribution is -2.34. The maximum absolute atomic E-state index is 11.5. The second-order valence-electron chi connectivity index (χ2n) is 4.48. The second-order valence-corrected chi connectivity index (χ2v) is 6.41. The first-order valence-electron chi connectivity index (χ1n) is 5.69. The molecule has 0 saturated carbocycles. The first kappa shape index (κ1) is 15.8. The molecule has 5 nitrogen and oxygen atoms in total. The summed E-state index contributed by atoms with van der Waals surface area (Å²) >= 11 is 0. The highest BCUT2D eigenvalue weighted by molar-refractivity contribution is 7.89. The van der Waals surface area contributed by atoms with Crippen molar-refractivity contribution < 1.29 is 8.42 Å². The molecule has 0 aliphatic carbocycles. The van der Waals surface area contributed by atoms with Crippen molar-refractivity contribution in [3.63, 3.8) is 0 Å².